The number of carbonyl (C=O) groups is 1. The van der Waals surface area contributed by atoms with Gasteiger partial charge in [0.25, 0.3) is 5.91 Å². The molecule has 0 radical (unpaired) electrons. The summed E-state index contributed by atoms with van der Waals surface area (Å²) >= 11 is 0. The van der Waals surface area contributed by atoms with Crippen LogP contribution in [0.2, 0.25) is 0 Å². The minimum Gasteiger partial charge on any atom is -0.493 e. The fourth-order valence-electron chi connectivity index (χ4n) is 2.75. The lowest BCUT2D eigenvalue weighted by molar-refractivity contribution is -0.143. The van der Waals surface area contributed by atoms with Crippen LogP contribution in [-0.4, -0.2) is 49.9 Å². The third kappa shape index (κ3) is 5.37. The highest BCUT2D eigenvalue weighted by atomic mass is 16.6. The first-order valence-corrected chi connectivity index (χ1v) is 8.84. The van der Waals surface area contributed by atoms with Gasteiger partial charge >= 0.3 is 0 Å². The largest absolute Gasteiger partial charge is 0.493 e. The first-order chi connectivity index (χ1) is 12.0. The second-order valence-electron chi connectivity index (χ2n) is 6.33. The van der Waals surface area contributed by atoms with Crippen molar-refractivity contribution in [3.05, 3.63) is 23.8 Å². The van der Waals surface area contributed by atoms with E-state index in [9.17, 15) is 4.79 Å². The number of carbonyl (C=O) groups excluding carboxylic acids is 1. The zero-order valence-corrected chi connectivity index (χ0v) is 15.5. The number of methoxy groups -OCH3 is 1. The Hall–Kier alpha value is -2.24. The van der Waals surface area contributed by atoms with Crippen LogP contribution in [-0.2, 0) is 9.63 Å². The lowest BCUT2D eigenvalue weighted by Gasteiger charge is -2.31. The number of amides is 1. The van der Waals surface area contributed by atoms with Gasteiger partial charge in [-0.15, -0.1) is 0 Å². The molecule has 1 aromatic rings. The molecule has 1 amide bonds. The summed E-state index contributed by atoms with van der Waals surface area (Å²) in [5.41, 5.74) is 0.812. The average molecular weight is 348 g/mol. The summed E-state index contributed by atoms with van der Waals surface area (Å²) in [6.07, 6.45) is 3.08. The smallest absolute Gasteiger partial charge is 0.266 e. The maximum Gasteiger partial charge on any atom is 0.266 e. The van der Waals surface area contributed by atoms with Crippen LogP contribution in [0.25, 0.3) is 0 Å². The van der Waals surface area contributed by atoms with Gasteiger partial charge < -0.3 is 19.2 Å². The van der Waals surface area contributed by atoms with Gasteiger partial charge in [-0.25, -0.2) is 0 Å². The molecule has 0 aromatic heterocycles. The molecule has 138 valence electrons. The van der Waals surface area contributed by atoms with E-state index in [4.69, 9.17) is 14.3 Å². The van der Waals surface area contributed by atoms with Crippen molar-refractivity contribution >= 4 is 12.1 Å². The number of nitrogens with zero attached hydrogens (tertiary/aromatic N) is 2. The number of rotatable bonds is 7. The second kappa shape index (κ2) is 9.30. The molecule has 1 saturated heterocycles. The Labute approximate surface area is 149 Å². The van der Waals surface area contributed by atoms with Gasteiger partial charge in [0.1, 0.15) is 0 Å². The van der Waals surface area contributed by atoms with Gasteiger partial charge in [-0.3, -0.25) is 4.79 Å². The molecule has 25 heavy (non-hydrogen) atoms. The summed E-state index contributed by atoms with van der Waals surface area (Å²) < 4.78 is 10.8. The summed E-state index contributed by atoms with van der Waals surface area (Å²) in [6.45, 7) is 8.04. The number of oxime groups is 1. The maximum absolute atomic E-state index is 12.4. The number of piperidine rings is 1. The van der Waals surface area contributed by atoms with Gasteiger partial charge in [-0.05, 0) is 50.8 Å². The molecule has 0 N–H and O–H groups in total. The van der Waals surface area contributed by atoms with E-state index < -0.39 is 6.10 Å². The van der Waals surface area contributed by atoms with E-state index in [2.05, 4.69) is 12.1 Å². The van der Waals surface area contributed by atoms with Crippen LogP contribution in [0, 0.1) is 5.92 Å². The third-order valence-electron chi connectivity index (χ3n) is 4.35. The van der Waals surface area contributed by atoms with Crippen molar-refractivity contribution in [3.63, 3.8) is 0 Å². The van der Waals surface area contributed by atoms with Crippen molar-refractivity contribution in [2.24, 2.45) is 11.1 Å². The van der Waals surface area contributed by atoms with E-state index in [-0.39, 0.29) is 5.91 Å². The molecule has 2 rings (SSSR count). The average Bonchev–Trinajstić information content (AvgIpc) is 2.63. The van der Waals surface area contributed by atoms with E-state index >= 15 is 0 Å². The Bertz CT molecular complexity index is 595. The van der Waals surface area contributed by atoms with Gasteiger partial charge in [-0.2, -0.15) is 0 Å². The van der Waals surface area contributed by atoms with E-state index in [0.29, 0.717) is 24.0 Å². The number of hydrogen-bond donors (Lipinski definition) is 0. The highest BCUT2D eigenvalue weighted by molar-refractivity contribution is 5.82. The Balaban J connectivity index is 1.90. The quantitative estimate of drug-likeness (QED) is 0.561. The molecule has 6 nitrogen and oxygen atoms in total. The van der Waals surface area contributed by atoms with Crippen LogP contribution < -0.4 is 9.47 Å². The van der Waals surface area contributed by atoms with Crippen LogP contribution in [0.3, 0.4) is 0 Å². The highest BCUT2D eigenvalue weighted by Gasteiger charge is 2.25. The van der Waals surface area contributed by atoms with E-state index in [0.717, 1.165) is 31.5 Å². The number of ether oxygens (including phenoxy) is 2. The van der Waals surface area contributed by atoms with Gasteiger partial charge in [0.15, 0.2) is 11.5 Å². The highest BCUT2D eigenvalue weighted by Crippen LogP contribution is 2.27. The monoisotopic (exact) mass is 348 g/mol. The second-order valence-corrected chi connectivity index (χ2v) is 6.33. The van der Waals surface area contributed by atoms with Crippen molar-refractivity contribution in [2.75, 3.05) is 26.8 Å². The van der Waals surface area contributed by atoms with E-state index in [1.54, 1.807) is 20.2 Å². The maximum atomic E-state index is 12.4. The van der Waals surface area contributed by atoms with E-state index in [1.165, 1.54) is 0 Å². The molecule has 1 atom stereocenters. The van der Waals surface area contributed by atoms with Crippen LogP contribution in [0.15, 0.2) is 23.4 Å². The Morgan fingerprint density at radius 3 is 2.72 bits per heavy atom. The summed E-state index contributed by atoms with van der Waals surface area (Å²) in [7, 11) is 1.59. The number of benzene rings is 1. The predicted molar refractivity (Wildman–Crippen MR) is 97.3 cm³/mol. The zero-order valence-electron chi connectivity index (χ0n) is 15.5. The molecular formula is C19H28N2O4. The molecule has 0 spiro atoms. The fourth-order valence-corrected chi connectivity index (χ4v) is 2.75. The molecule has 1 fully saturated rings. The Morgan fingerprint density at radius 2 is 2.08 bits per heavy atom. The number of hydrogen-bond acceptors (Lipinski definition) is 5. The van der Waals surface area contributed by atoms with Crippen molar-refractivity contribution in [1.29, 1.82) is 0 Å². The molecule has 0 bridgehead atoms. The molecule has 1 heterocycles. The zero-order chi connectivity index (χ0) is 18.2. The topological polar surface area (TPSA) is 60.4 Å². The predicted octanol–water partition coefficient (Wildman–Crippen LogP) is 3.09. The first-order valence-electron chi connectivity index (χ1n) is 8.84. The van der Waals surface area contributed by atoms with Gasteiger partial charge in [-0.1, -0.05) is 12.1 Å². The van der Waals surface area contributed by atoms with Gasteiger partial charge in [0, 0.05) is 18.7 Å². The summed E-state index contributed by atoms with van der Waals surface area (Å²) in [6, 6.07) is 5.50. The normalized spacial score (nSPS) is 16.7. The first kappa shape index (κ1) is 19.1. The Morgan fingerprint density at radius 1 is 1.36 bits per heavy atom. The molecule has 1 unspecified atom stereocenters. The summed E-state index contributed by atoms with van der Waals surface area (Å²) in [5.74, 6) is 2.00. The van der Waals surface area contributed by atoms with Crippen LogP contribution in [0.5, 0.6) is 11.5 Å². The molecule has 6 heteroatoms. The lowest BCUT2D eigenvalue weighted by Crippen LogP contribution is -2.43. The molecule has 1 aliphatic heterocycles. The number of likely N-dealkylation sites (tertiary alicyclic amines) is 1. The standard InChI is InChI=1S/C19H28N2O4/c1-5-24-17-7-6-16(12-18(17)23-4)13-20-25-15(3)19(22)21-10-8-14(2)9-11-21/h6-7,12-15H,5,8-11H2,1-4H3/b20-13+. The van der Waals surface area contributed by atoms with Crippen molar-refractivity contribution < 1.29 is 19.1 Å². The van der Waals surface area contributed by atoms with Crippen LogP contribution >= 0.6 is 0 Å². The van der Waals surface area contributed by atoms with Crippen LogP contribution in [0.4, 0.5) is 0 Å². The fraction of sp³-hybridized carbons (Fsp3) is 0.579. The molecular weight excluding hydrogens is 320 g/mol. The SMILES string of the molecule is CCOc1ccc(/C=N/OC(C)C(=O)N2CCC(C)CC2)cc1OC. The van der Waals surface area contributed by atoms with Crippen molar-refractivity contribution in [2.45, 2.75) is 39.7 Å². The minimum absolute atomic E-state index is 0.00618. The Kier molecular flexibility index (Phi) is 7.10. The summed E-state index contributed by atoms with van der Waals surface area (Å²) in [5, 5.41) is 3.95. The van der Waals surface area contributed by atoms with Gasteiger partial charge in [0.05, 0.1) is 19.9 Å². The van der Waals surface area contributed by atoms with Crippen molar-refractivity contribution in [3.8, 4) is 11.5 Å². The van der Waals surface area contributed by atoms with Crippen molar-refractivity contribution in [1.82, 2.24) is 4.90 Å². The molecule has 1 aliphatic rings. The van der Waals surface area contributed by atoms with Gasteiger partial charge in [0.2, 0.25) is 6.10 Å². The van der Waals surface area contributed by atoms with Crippen LogP contribution in [0.1, 0.15) is 39.2 Å². The molecule has 0 saturated carbocycles. The molecule has 0 aliphatic carbocycles. The lowest BCUT2D eigenvalue weighted by atomic mass is 9.99. The third-order valence-corrected chi connectivity index (χ3v) is 4.35. The summed E-state index contributed by atoms with van der Waals surface area (Å²) in [4.78, 5) is 19.6. The molecule has 1 aromatic carbocycles. The van der Waals surface area contributed by atoms with E-state index in [1.807, 2.05) is 30.0 Å². The minimum atomic E-state index is -0.589.